The Morgan fingerprint density at radius 1 is 1.64 bits per heavy atom. The molecule has 0 spiro atoms. The average molecular weight is 173 g/mol. The van der Waals surface area contributed by atoms with Gasteiger partial charge in [-0.2, -0.15) is 0 Å². The highest BCUT2D eigenvalue weighted by Gasteiger charge is 2.10. The molecule has 0 fully saturated rings. The molecule has 0 aliphatic heterocycles. The maximum Gasteiger partial charge on any atom is 0.221 e. The Bertz CT molecular complexity index is 168. The Balaban J connectivity index is 3.93. The van der Waals surface area contributed by atoms with E-state index in [9.17, 15) is 4.79 Å². The van der Waals surface area contributed by atoms with Gasteiger partial charge in [-0.1, -0.05) is 12.2 Å². The molecule has 1 radical (unpaired) electrons. The highest BCUT2D eigenvalue weighted by molar-refractivity contribution is 7.80. The maximum atomic E-state index is 10.5. The SMILES string of the molecule is [CH2]C(C(=S)NC(C)=O)N(C)C. The van der Waals surface area contributed by atoms with Gasteiger partial charge in [0, 0.05) is 6.92 Å². The number of likely N-dealkylation sites (N-methyl/N-ethyl adjacent to an activating group) is 1. The first-order chi connectivity index (χ1) is 4.95. The zero-order valence-electron chi connectivity index (χ0n) is 7.05. The van der Waals surface area contributed by atoms with Gasteiger partial charge in [-0.3, -0.25) is 4.79 Å². The van der Waals surface area contributed by atoms with E-state index in [4.69, 9.17) is 12.2 Å². The predicted molar refractivity (Wildman–Crippen MR) is 49.2 cm³/mol. The van der Waals surface area contributed by atoms with Gasteiger partial charge in [-0.25, -0.2) is 0 Å². The lowest BCUT2D eigenvalue weighted by Gasteiger charge is -2.20. The van der Waals surface area contributed by atoms with Crippen molar-refractivity contribution in [1.29, 1.82) is 0 Å². The summed E-state index contributed by atoms with van der Waals surface area (Å²) in [6.07, 6.45) is 0. The van der Waals surface area contributed by atoms with Crippen LogP contribution in [0.5, 0.6) is 0 Å². The number of hydrogen-bond donors (Lipinski definition) is 1. The predicted octanol–water partition coefficient (Wildman–Crippen LogP) is 0.214. The minimum atomic E-state index is -0.148. The van der Waals surface area contributed by atoms with Crippen molar-refractivity contribution in [3.05, 3.63) is 6.92 Å². The standard InChI is InChI=1S/C7H13N2OS/c1-5(9(3)4)7(11)8-6(2)10/h5H,1H2,2-4H3,(H,8,10,11). The third kappa shape index (κ3) is 4.06. The minimum Gasteiger partial charge on any atom is -0.319 e. The van der Waals surface area contributed by atoms with Crippen LogP contribution in [0.25, 0.3) is 0 Å². The van der Waals surface area contributed by atoms with Crippen molar-refractivity contribution in [1.82, 2.24) is 10.2 Å². The van der Waals surface area contributed by atoms with Gasteiger partial charge < -0.3 is 10.2 Å². The van der Waals surface area contributed by atoms with Crippen molar-refractivity contribution >= 4 is 23.1 Å². The Hall–Kier alpha value is -0.480. The molecule has 0 rings (SSSR count). The molecule has 4 heteroatoms. The third-order valence-electron chi connectivity index (χ3n) is 1.23. The van der Waals surface area contributed by atoms with E-state index in [1.54, 1.807) is 0 Å². The molecule has 0 aromatic carbocycles. The second kappa shape index (κ2) is 4.41. The first-order valence-corrected chi connectivity index (χ1v) is 3.67. The third-order valence-corrected chi connectivity index (χ3v) is 1.60. The summed E-state index contributed by atoms with van der Waals surface area (Å²) in [4.78, 5) is 12.8. The fraction of sp³-hybridized carbons (Fsp3) is 0.571. The molecule has 0 bridgehead atoms. The zero-order valence-corrected chi connectivity index (χ0v) is 7.86. The molecule has 1 atom stereocenters. The summed E-state index contributed by atoms with van der Waals surface area (Å²) in [7, 11) is 3.71. The molecule has 0 aromatic rings. The number of carbonyl (C=O) groups is 1. The van der Waals surface area contributed by atoms with Crippen molar-refractivity contribution in [2.24, 2.45) is 0 Å². The highest BCUT2D eigenvalue weighted by Crippen LogP contribution is 1.92. The molecule has 1 N–H and O–H groups in total. The summed E-state index contributed by atoms with van der Waals surface area (Å²) in [6, 6.07) is -0.145. The van der Waals surface area contributed by atoms with Crippen LogP contribution in [0.4, 0.5) is 0 Å². The average Bonchev–Trinajstić information content (AvgIpc) is 1.84. The fourth-order valence-electron chi connectivity index (χ4n) is 0.491. The van der Waals surface area contributed by atoms with Crippen LogP contribution in [0, 0.1) is 6.92 Å². The van der Waals surface area contributed by atoms with Gasteiger partial charge in [0.15, 0.2) is 0 Å². The van der Waals surface area contributed by atoms with E-state index >= 15 is 0 Å². The molecule has 1 unspecified atom stereocenters. The van der Waals surface area contributed by atoms with Crippen LogP contribution < -0.4 is 5.32 Å². The van der Waals surface area contributed by atoms with Crippen LogP contribution >= 0.6 is 12.2 Å². The molecule has 0 saturated heterocycles. The first-order valence-electron chi connectivity index (χ1n) is 3.26. The van der Waals surface area contributed by atoms with Crippen molar-refractivity contribution in [2.75, 3.05) is 14.1 Å². The number of hydrogen-bond acceptors (Lipinski definition) is 3. The Morgan fingerprint density at radius 3 is 2.36 bits per heavy atom. The van der Waals surface area contributed by atoms with Gasteiger partial charge in [0.05, 0.1) is 11.0 Å². The molecule has 1 amide bonds. The number of nitrogens with zero attached hydrogens (tertiary/aromatic N) is 1. The Morgan fingerprint density at radius 2 is 2.09 bits per heavy atom. The maximum absolute atomic E-state index is 10.5. The molecule has 0 aliphatic carbocycles. The summed E-state index contributed by atoms with van der Waals surface area (Å²) >= 11 is 4.89. The second-order valence-electron chi connectivity index (χ2n) is 2.52. The van der Waals surface area contributed by atoms with E-state index in [0.717, 1.165) is 0 Å². The van der Waals surface area contributed by atoms with Crippen molar-refractivity contribution in [3.63, 3.8) is 0 Å². The summed E-state index contributed by atoms with van der Waals surface area (Å²) < 4.78 is 0. The zero-order chi connectivity index (χ0) is 9.02. The van der Waals surface area contributed by atoms with Crippen LogP contribution in [0.15, 0.2) is 0 Å². The summed E-state index contributed by atoms with van der Waals surface area (Å²) in [5.74, 6) is -0.148. The van der Waals surface area contributed by atoms with Gasteiger partial charge in [0.2, 0.25) is 5.91 Å². The molecule has 63 valence electrons. The molecule has 0 aliphatic rings. The number of amides is 1. The van der Waals surface area contributed by atoms with Gasteiger partial charge in [0.25, 0.3) is 0 Å². The van der Waals surface area contributed by atoms with Crippen molar-refractivity contribution < 1.29 is 4.79 Å². The number of rotatable bonds is 2. The monoisotopic (exact) mass is 173 g/mol. The van der Waals surface area contributed by atoms with Crippen LogP contribution in [0.1, 0.15) is 6.92 Å². The lowest BCUT2D eigenvalue weighted by Crippen LogP contribution is -2.42. The minimum absolute atomic E-state index is 0.145. The molecule has 0 saturated carbocycles. The van der Waals surface area contributed by atoms with E-state index in [2.05, 4.69) is 12.2 Å². The first kappa shape index (κ1) is 10.5. The second-order valence-corrected chi connectivity index (χ2v) is 2.96. The molecule has 0 aromatic heterocycles. The Labute approximate surface area is 72.8 Å². The van der Waals surface area contributed by atoms with E-state index in [0.29, 0.717) is 4.99 Å². The topological polar surface area (TPSA) is 32.3 Å². The van der Waals surface area contributed by atoms with E-state index in [1.807, 2.05) is 19.0 Å². The molecule has 3 nitrogen and oxygen atoms in total. The van der Waals surface area contributed by atoms with Gasteiger partial charge in [0.1, 0.15) is 0 Å². The number of nitrogens with one attached hydrogen (secondary N) is 1. The molecular formula is C7H13N2OS. The molecule has 11 heavy (non-hydrogen) atoms. The molecule has 0 heterocycles. The van der Waals surface area contributed by atoms with Crippen molar-refractivity contribution in [2.45, 2.75) is 13.0 Å². The Kier molecular flexibility index (Phi) is 4.22. The smallest absolute Gasteiger partial charge is 0.221 e. The summed E-state index contributed by atoms with van der Waals surface area (Å²) in [5.41, 5.74) is 0. The highest BCUT2D eigenvalue weighted by atomic mass is 32.1. The largest absolute Gasteiger partial charge is 0.319 e. The van der Waals surface area contributed by atoms with E-state index < -0.39 is 0 Å². The van der Waals surface area contributed by atoms with Gasteiger partial charge in [-0.15, -0.1) is 0 Å². The van der Waals surface area contributed by atoms with Crippen LogP contribution in [0.3, 0.4) is 0 Å². The summed E-state index contributed by atoms with van der Waals surface area (Å²) in [6.45, 7) is 5.19. The van der Waals surface area contributed by atoms with Crippen LogP contribution in [0.2, 0.25) is 0 Å². The summed E-state index contributed by atoms with van der Waals surface area (Å²) in [5, 5.41) is 2.51. The quantitative estimate of drug-likeness (QED) is 0.606. The molecular weight excluding hydrogens is 160 g/mol. The van der Waals surface area contributed by atoms with Crippen molar-refractivity contribution in [3.8, 4) is 0 Å². The van der Waals surface area contributed by atoms with Gasteiger partial charge >= 0.3 is 0 Å². The van der Waals surface area contributed by atoms with Gasteiger partial charge in [-0.05, 0) is 21.0 Å². The van der Waals surface area contributed by atoms with Crippen LogP contribution in [-0.4, -0.2) is 35.9 Å². The lowest BCUT2D eigenvalue weighted by atomic mass is 10.3. The number of carbonyl (C=O) groups excluding carboxylic acids is 1. The fourth-order valence-corrected chi connectivity index (χ4v) is 0.846. The normalized spacial score (nSPS) is 12.8. The van der Waals surface area contributed by atoms with E-state index in [1.165, 1.54) is 6.92 Å². The lowest BCUT2D eigenvalue weighted by molar-refractivity contribution is -0.117. The van der Waals surface area contributed by atoms with E-state index in [-0.39, 0.29) is 11.9 Å². The number of thiocarbonyl (C=S) groups is 1. The van der Waals surface area contributed by atoms with Crippen LogP contribution in [-0.2, 0) is 4.79 Å².